The van der Waals surface area contributed by atoms with Gasteiger partial charge in [0.1, 0.15) is 5.82 Å². The molecule has 0 saturated heterocycles. The summed E-state index contributed by atoms with van der Waals surface area (Å²) < 4.78 is 13.8. The molecule has 160 valence electrons. The smallest absolute Gasteiger partial charge is 0.262 e. The molecule has 3 aromatic rings. The van der Waals surface area contributed by atoms with Gasteiger partial charge in [0.05, 0.1) is 16.3 Å². The van der Waals surface area contributed by atoms with Gasteiger partial charge in [-0.2, -0.15) is 0 Å². The number of carbonyl (C=O) groups excluding carboxylic acids is 3. The van der Waals surface area contributed by atoms with Crippen LogP contribution in [0.25, 0.3) is 6.08 Å². The maximum absolute atomic E-state index is 13.8. The second-order valence-corrected chi connectivity index (χ2v) is 7.61. The van der Waals surface area contributed by atoms with Crippen molar-refractivity contribution in [2.24, 2.45) is 0 Å². The third-order valence-corrected chi connectivity index (χ3v) is 5.38. The molecule has 1 aliphatic rings. The maximum Gasteiger partial charge on any atom is 0.262 e. The Balaban J connectivity index is 1.64. The molecule has 6 nitrogen and oxygen atoms in total. The van der Waals surface area contributed by atoms with Crippen LogP contribution in [0, 0.1) is 5.82 Å². The minimum atomic E-state index is -0.655. The lowest BCUT2D eigenvalue weighted by molar-refractivity contribution is -0.114. The largest absolute Gasteiger partial charge is 0.348 e. The standard InChI is InChI=1S/C24H17ClFN3O3/c1-29-21-7-5-16(23(31)28-13-15-3-2-8-27-12-15)11-17(21)22(30)18(24(29)32)9-14-4-6-19(25)20(26)10-14/h2-12H,13H2,1H3,(H,28,31)/b18-9+. The first-order valence-electron chi connectivity index (χ1n) is 9.66. The Labute approximate surface area is 188 Å². The highest BCUT2D eigenvalue weighted by molar-refractivity contribution is 6.36. The summed E-state index contributed by atoms with van der Waals surface area (Å²) in [6, 6.07) is 12.2. The van der Waals surface area contributed by atoms with Crippen LogP contribution in [0.15, 0.2) is 66.5 Å². The summed E-state index contributed by atoms with van der Waals surface area (Å²) >= 11 is 5.70. The third kappa shape index (κ3) is 4.15. The molecule has 0 atom stereocenters. The zero-order chi connectivity index (χ0) is 22.8. The highest BCUT2D eigenvalue weighted by atomic mass is 35.5. The van der Waals surface area contributed by atoms with Crippen LogP contribution in [0.2, 0.25) is 5.02 Å². The van der Waals surface area contributed by atoms with E-state index in [-0.39, 0.29) is 34.2 Å². The number of benzene rings is 2. The number of hydrogen-bond donors (Lipinski definition) is 1. The molecule has 8 heteroatoms. The molecule has 0 spiro atoms. The number of rotatable bonds is 4. The number of likely N-dealkylation sites (N-methyl/N-ethyl adjacent to an activating group) is 1. The molecule has 32 heavy (non-hydrogen) atoms. The van der Waals surface area contributed by atoms with Crippen LogP contribution < -0.4 is 10.2 Å². The van der Waals surface area contributed by atoms with Crippen molar-refractivity contribution in [3.63, 3.8) is 0 Å². The van der Waals surface area contributed by atoms with Crippen molar-refractivity contribution in [3.8, 4) is 0 Å². The molecule has 0 fully saturated rings. The Hall–Kier alpha value is -3.84. The lowest BCUT2D eigenvalue weighted by Crippen LogP contribution is -2.37. The number of carbonyl (C=O) groups is 3. The van der Waals surface area contributed by atoms with E-state index in [9.17, 15) is 18.8 Å². The average Bonchev–Trinajstić information content (AvgIpc) is 2.81. The second-order valence-electron chi connectivity index (χ2n) is 7.20. The molecule has 0 radical (unpaired) electrons. The number of aromatic nitrogens is 1. The van der Waals surface area contributed by atoms with Crippen molar-refractivity contribution in [2.75, 3.05) is 11.9 Å². The van der Waals surface area contributed by atoms with E-state index >= 15 is 0 Å². The number of anilines is 1. The van der Waals surface area contributed by atoms with Crippen molar-refractivity contribution in [1.82, 2.24) is 10.3 Å². The normalized spacial score (nSPS) is 14.5. The van der Waals surface area contributed by atoms with Crippen molar-refractivity contribution >= 4 is 41.0 Å². The number of Topliss-reactive ketones (excluding diaryl/α,β-unsaturated/α-hetero) is 1. The number of halogens is 2. The fraction of sp³-hybridized carbons (Fsp3) is 0.0833. The van der Waals surface area contributed by atoms with E-state index in [1.807, 2.05) is 6.07 Å². The van der Waals surface area contributed by atoms with Crippen molar-refractivity contribution in [2.45, 2.75) is 6.54 Å². The van der Waals surface area contributed by atoms with E-state index in [4.69, 9.17) is 11.6 Å². The van der Waals surface area contributed by atoms with Gasteiger partial charge in [-0.15, -0.1) is 0 Å². The van der Waals surface area contributed by atoms with Gasteiger partial charge in [0.2, 0.25) is 5.78 Å². The minimum Gasteiger partial charge on any atom is -0.348 e. The lowest BCUT2D eigenvalue weighted by Gasteiger charge is -2.27. The predicted octanol–water partition coefficient (Wildman–Crippen LogP) is 4.05. The molecule has 2 amide bonds. The number of nitrogens with one attached hydrogen (secondary N) is 1. The van der Waals surface area contributed by atoms with Crippen LogP contribution in [0.5, 0.6) is 0 Å². The Kier molecular flexibility index (Phi) is 5.83. The van der Waals surface area contributed by atoms with Gasteiger partial charge in [-0.05, 0) is 53.6 Å². The highest BCUT2D eigenvalue weighted by Gasteiger charge is 2.33. The van der Waals surface area contributed by atoms with Crippen LogP contribution >= 0.6 is 11.6 Å². The summed E-state index contributed by atoms with van der Waals surface area (Å²) in [4.78, 5) is 43.8. The molecule has 0 bridgehead atoms. The van der Waals surface area contributed by atoms with Crippen LogP contribution in [0.4, 0.5) is 10.1 Å². The van der Waals surface area contributed by atoms with Gasteiger partial charge in [0, 0.05) is 37.1 Å². The molecule has 2 heterocycles. The van der Waals surface area contributed by atoms with E-state index in [1.165, 1.54) is 36.2 Å². The zero-order valence-corrected chi connectivity index (χ0v) is 17.7. The molecule has 4 rings (SSSR count). The second kappa shape index (κ2) is 8.72. The topological polar surface area (TPSA) is 79.4 Å². The molecular formula is C24H17ClFN3O3. The summed E-state index contributed by atoms with van der Waals surface area (Å²) in [6.07, 6.45) is 4.61. The first-order chi connectivity index (χ1) is 15.3. The van der Waals surface area contributed by atoms with Gasteiger partial charge in [-0.1, -0.05) is 23.7 Å². The van der Waals surface area contributed by atoms with Gasteiger partial charge in [-0.3, -0.25) is 19.4 Å². The first kappa shape index (κ1) is 21.4. The Bertz CT molecular complexity index is 1270. The molecule has 0 saturated carbocycles. The molecule has 1 aromatic heterocycles. The molecule has 0 unspecified atom stereocenters. The van der Waals surface area contributed by atoms with Gasteiger partial charge >= 0.3 is 0 Å². The molecule has 2 aromatic carbocycles. The Morgan fingerprint density at radius 3 is 2.72 bits per heavy atom. The van der Waals surface area contributed by atoms with Crippen molar-refractivity contribution < 1.29 is 18.8 Å². The Morgan fingerprint density at radius 2 is 2.00 bits per heavy atom. The van der Waals surface area contributed by atoms with Crippen molar-refractivity contribution in [1.29, 1.82) is 0 Å². The van der Waals surface area contributed by atoms with Crippen LogP contribution in [-0.4, -0.2) is 29.6 Å². The van der Waals surface area contributed by atoms with Crippen molar-refractivity contribution in [3.05, 3.63) is 99.6 Å². The van der Waals surface area contributed by atoms with Gasteiger partial charge in [0.15, 0.2) is 0 Å². The number of hydrogen-bond acceptors (Lipinski definition) is 4. The quantitative estimate of drug-likeness (QED) is 0.481. The van der Waals surface area contributed by atoms with Crippen LogP contribution in [0.1, 0.15) is 31.8 Å². The van der Waals surface area contributed by atoms with E-state index < -0.39 is 17.5 Å². The maximum atomic E-state index is 13.8. The fourth-order valence-electron chi connectivity index (χ4n) is 3.37. The van der Waals surface area contributed by atoms with Gasteiger partial charge in [-0.25, -0.2) is 4.39 Å². The van der Waals surface area contributed by atoms with Crippen LogP contribution in [0.3, 0.4) is 0 Å². The highest BCUT2D eigenvalue weighted by Crippen LogP contribution is 2.31. The summed E-state index contributed by atoms with van der Waals surface area (Å²) in [5, 5.41) is 2.72. The Morgan fingerprint density at radius 1 is 1.19 bits per heavy atom. The minimum absolute atomic E-state index is 0.0575. The van der Waals surface area contributed by atoms with Gasteiger partial charge < -0.3 is 10.2 Å². The number of pyridine rings is 1. The number of ketones is 1. The summed E-state index contributed by atoms with van der Waals surface area (Å²) in [6.45, 7) is 0.281. The molecule has 1 N–H and O–H groups in total. The number of fused-ring (bicyclic) bond motifs is 1. The number of amides is 2. The van der Waals surface area contributed by atoms with Gasteiger partial charge in [0.25, 0.3) is 11.8 Å². The van der Waals surface area contributed by atoms with E-state index in [2.05, 4.69) is 10.3 Å². The molecule has 1 aliphatic heterocycles. The van der Waals surface area contributed by atoms with E-state index in [0.717, 1.165) is 11.6 Å². The van der Waals surface area contributed by atoms with E-state index in [1.54, 1.807) is 30.6 Å². The average molecular weight is 450 g/mol. The predicted molar refractivity (Wildman–Crippen MR) is 119 cm³/mol. The molecule has 0 aliphatic carbocycles. The summed E-state index contributed by atoms with van der Waals surface area (Å²) in [5.41, 5.74) is 1.91. The zero-order valence-electron chi connectivity index (χ0n) is 16.9. The third-order valence-electron chi connectivity index (χ3n) is 5.07. The van der Waals surface area contributed by atoms with Crippen LogP contribution in [-0.2, 0) is 11.3 Å². The lowest BCUT2D eigenvalue weighted by atomic mass is 9.92. The summed E-state index contributed by atoms with van der Waals surface area (Å²) in [7, 11) is 1.53. The first-order valence-corrected chi connectivity index (χ1v) is 10.0. The fourth-order valence-corrected chi connectivity index (χ4v) is 3.48. The van der Waals surface area contributed by atoms with E-state index in [0.29, 0.717) is 11.3 Å². The molecular weight excluding hydrogens is 433 g/mol. The monoisotopic (exact) mass is 449 g/mol. The SMILES string of the molecule is CN1C(=O)/C(=C/c2ccc(Cl)c(F)c2)C(=O)c2cc(C(=O)NCc3cccnc3)ccc21. The summed E-state index contributed by atoms with van der Waals surface area (Å²) in [5.74, 6) is -2.08. The number of nitrogens with zero attached hydrogens (tertiary/aromatic N) is 2.